The van der Waals surface area contributed by atoms with Gasteiger partial charge in [0, 0.05) is 6.54 Å². The van der Waals surface area contributed by atoms with Crippen LogP contribution in [0.25, 0.3) is 0 Å². The van der Waals surface area contributed by atoms with Gasteiger partial charge in [-0.2, -0.15) is 11.3 Å². The molecule has 0 unspecified atom stereocenters. The summed E-state index contributed by atoms with van der Waals surface area (Å²) in [5.41, 5.74) is 3.33. The molecule has 0 radical (unpaired) electrons. The van der Waals surface area contributed by atoms with E-state index in [0.717, 1.165) is 5.56 Å². The largest absolute Gasteiger partial charge is 0.292 e. The van der Waals surface area contributed by atoms with Gasteiger partial charge >= 0.3 is 0 Å². The zero-order chi connectivity index (χ0) is 13.7. The minimum absolute atomic E-state index is 0.0109. The SMILES string of the molecule is NNc1ncc(S(=O)(=O)NCCc2ccsc2)cn1. The fraction of sp³-hybridized carbons (Fsp3) is 0.200. The van der Waals surface area contributed by atoms with Crippen molar-refractivity contribution in [3.05, 3.63) is 34.8 Å². The fourth-order valence-corrected chi connectivity index (χ4v) is 3.00. The van der Waals surface area contributed by atoms with Gasteiger partial charge < -0.3 is 0 Å². The smallest absolute Gasteiger partial charge is 0.243 e. The Labute approximate surface area is 114 Å². The van der Waals surface area contributed by atoms with Crippen molar-refractivity contribution in [2.24, 2.45) is 5.84 Å². The molecule has 2 aromatic heterocycles. The van der Waals surface area contributed by atoms with E-state index in [4.69, 9.17) is 5.84 Å². The Morgan fingerprint density at radius 2 is 2.05 bits per heavy atom. The van der Waals surface area contributed by atoms with Crippen molar-refractivity contribution in [1.82, 2.24) is 14.7 Å². The van der Waals surface area contributed by atoms with Gasteiger partial charge in [0.25, 0.3) is 0 Å². The lowest BCUT2D eigenvalue weighted by Gasteiger charge is -2.06. The van der Waals surface area contributed by atoms with Gasteiger partial charge in [0.2, 0.25) is 16.0 Å². The molecule has 102 valence electrons. The van der Waals surface area contributed by atoms with Gasteiger partial charge in [-0.3, -0.25) is 5.43 Å². The zero-order valence-corrected chi connectivity index (χ0v) is 11.5. The van der Waals surface area contributed by atoms with Crippen LogP contribution in [0.2, 0.25) is 0 Å². The molecule has 0 bridgehead atoms. The van der Waals surface area contributed by atoms with Gasteiger partial charge in [-0.25, -0.2) is 29.0 Å². The Kier molecular flexibility index (Phi) is 4.43. The van der Waals surface area contributed by atoms with E-state index >= 15 is 0 Å². The fourth-order valence-electron chi connectivity index (χ4n) is 1.38. The van der Waals surface area contributed by atoms with E-state index in [1.54, 1.807) is 11.3 Å². The number of sulfonamides is 1. The molecule has 0 aliphatic carbocycles. The van der Waals surface area contributed by atoms with Crippen LogP contribution in [0, 0.1) is 0 Å². The number of hydrogen-bond acceptors (Lipinski definition) is 7. The molecule has 19 heavy (non-hydrogen) atoms. The van der Waals surface area contributed by atoms with E-state index in [9.17, 15) is 8.42 Å². The summed E-state index contributed by atoms with van der Waals surface area (Å²) in [5, 5.41) is 3.94. The summed E-state index contributed by atoms with van der Waals surface area (Å²) in [6.45, 7) is 0.329. The number of nitrogens with two attached hydrogens (primary N) is 1. The third-order valence-corrected chi connectivity index (χ3v) is 4.50. The predicted octanol–water partition coefficient (Wildman–Crippen LogP) is 0.345. The minimum atomic E-state index is -3.58. The van der Waals surface area contributed by atoms with Crippen LogP contribution in [-0.4, -0.2) is 24.9 Å². The molecule has 2 rings (SSSR count). The first-order valence-electron chi connectivity index (χ1n) is 5.41. The van der Waals surface area contributed by atoms with Crippen LogP contribution in [-0.2, 0) is 16.4 Å². The second-order valence-electron chi connectivity index (χ2n) is 3.67. The number of aromatic nitrogens is 2. The van der Waals surface area contributed by atoms with Crippen LogP contribution in [0.15, 0.2) is 34.1 Å². The van der Waals surface area contributed by atoms with Crippen molar-refractivity contribution in [3.8, 4) is 0 Å². The summed E-state index contributed by atoms with van der Waals surface area (Å²) in [6.07, 6.45) is 3.05. The molecule has 0 atom stereocenters. The Morgan fingerprint density at radius 3 is 2.63 bits per heavy atom. The molecule has 0 saturated carbocycles. The molecule has 7 nitrogen and oxygen atoms in total. The number of anilines is 1. The second kappa shape index (κ2) is 6.06. The summed E-state index contributed by atoms with van der Waals surface area (Å²) < 4.78 is 26.3. The maximum atomic E-state index is 11.9. The number of hydrazine groups is 1. The molecule has 9 heteroatoms. The highest BCUT2D eigenvalue weighted by molar-refractivity contribution is 7.89. The van der Waals surface area contributed by atoms with Gasteiger partial charge in [-0.15, -0.1) is 0 Å². The summed E-state index contributed by atoms with van der Waals surface area (Å²) in [6, 6.07) is 1.96. The lowest BCUT2D eigenvalue weighted by atomic mass is 10.2. The lowest BCUT2D eigenvalue weighted by molar-refractivity contribution is 0.581. The molecule has 2 aromatic rings. The van der Waals surface area contributed by atoms with E-state index < -0.39 is 10.0 Å². The van der Waals surface area contributed by atoms with Gasteiger partial charge in [-0.1, -0.05) is 0 Å². The van der Waals surface area contributed by atoms with Crippen molar-refractivity contribution < 1.29 is 8.42 Å². The number of hydrogen-bond donors (Lipinski definition) is 3. The predicted molar refractivity (Wildman–Crippen MR) is 73.1 cm³/mol. The highest BCUT2D eigenvalue weighted by Crippen LogP contribution is 2.08. The van der Waals surface area contributed by atoms with Crippen LogP contribution in [0.5, 0.6) is 0 Å². The molecule has 0 saturated heterocycles. The minimum Gasteiger partial charge on any atom is -0.292 e. The first kappa shape index (κ1) is 13.9. The lowest BCUT2D eigenvalue weighted by Crippen LogP contribution is -2.26. The van der Waals surface area contributed by atoms with Crippen LogP contribution in [0.3, 0.4) is 0 Å². The van der Waals surface area contributed by atoms with Crippen molar-refractivity contribution >= 4 is 27.3 Å². The third kappa shape index (κ3) is 3.70. The van der Waals surface area contributed by atoms with Crippen molar-refractivity contribution in [3.63, 3.8) is 0 Å². The summed E-state index contributed by atoms with van der Waals surface area (Å²) in [5.74, 6) is 5.27. The summed E-state index contributed by atoms with van der Waals surface area (Å²) >= 11 is 1.58. The van der Waals surface area contributed by atoms with Crippen LogP contribution in [0.4, 0.5) is 5.95 Å². The molecular weight excluding hydrogens is 286 g/mol. The summed E-state index contributed by atoms with van der Waals surface area (Å²) in [7, 11) is -3.58. The second-order valence-corrected chi connectivity index (χ2v) is 6.21. The Hall–Kier alpha value is -1.55. The van der Waals surface area contributed by atoms with Crippen molar-refractivity contribution in [2.45, 2.75) is 11.3 Å². The molecular formula is C10H13N5O2S2. The molecule has 2 heterocycles. The normalized spacial score (nSPS) is 11.4. The summed E-state index contributed by atoms with van der Waals surface area (Å²) in [4.78, 5) is 7.52. The van der Waals surface area contributed by atoms with Gasteiger partial charge in [-0.05, 0) is 28.8 Å². The monoisotopic (exact) mass is 299 g/mol. The molecule has 0 fully saturated rings. The highest BCUT2D eigenvalue weighted by Gasteiger charge is 2.14. The van der Waals surface area contributed by atoms with Crippen molar-refractivity contribution in [2.75, 3.05) is 12.0 Å². The topological polar surface area (TPSA) is 110 Å². The number of thiophene rings is 1. The first-order chi connectivity index (χ1) is 9.12. The number of nitrogens with zero attached hydrogens (tertiary/aromatic N) is 2. The third-order valence-electron chi connectivity index (χ3n) is 2.35. The van der Waals surface area contributed by atoms with E-state index in [1.165, 1.54) is 12.4 Å². The first-order valence-corrected chi connectivity index (χ1v) is 7.84. The molecule has 0 aliphatic heterocycles. The van der Waals surface area contributed by atoms with E-state index in [2.05, 4.69) is 20.1 Å². The molecule has 0 aliphatic rings. The average molecular weight is 299 g/mol. The van der Waals surface area contributed by atoms with Gasteiger partial charge in [0.1, 0.15) is 4.90 Å². The molecule has 0 aromatic carbocycles. The van der Waals surface area contributed by atoms with E-state index in [-0.39, 0.29) is 10.8 Å². The quantitative estimate of drug-likeness (QED) is 0.524. The Morgan fingerprint density at radius 1 is 1.32 bits per heavy atom. The maximum absolute atomic E-state index is 11.9. The molecule has 4 N–H and O–H groups in total. The molecule has 0 amide bonds. The maximum Gasteiger partial charge on any atom is 0.243 e. The number of nitrogen functional groups attached to an aromatic ring is 1. The van der Waals surface area contributed by atoms with Crippen molar-refractivity contribution in [1.29, 1.82) is 0 Å². The Balaban J connectivity index is 1.97. The van der Waals surface area contributed by atoms with Gasteiger partial charge in [0.05, 0.1) is 12.4 Å². The average Bonchev–Trinajstić information content (AvgIpc) is 2.92. The highest BCUT2D eigenvalue weighted by atomic mass is 32.2. The van der Waals surface area contributed by atoms with Crippen LogP contribution in [0.1, 0.15) is 5.56 Å². The van der Waals surface area contributed by atoms with Crippen LogP contribution < -0.4 is 16.0 Å². The Bertz CT molecular complexity index is 610. The van der Waals surface area contributed by atoms with E-state index in [1.807, 2.05) is 16.8 Å². The standard InChI is InChI=1S/C10H13N5O2S2/c11-15-10-12-5-9(6-13-10)19(16,17)14-3-1-8-2-4-18-7-8/h2,4-7,14H,1,3,11H2,(H,12,13,15). The number of rotatable bonds is 6. The molecule has 0 spiro atoms. The zero-order valence-electron chi connectivity index (χ0n) is 9.91. The van der Waals surface area contributed by atoms with Crippen LogP contribution >= 0.6 is 11.3 Å². The van der Waals surface area contributed by atoms with Gasteiger partial charge in [0.15, 0.2) is 0 Å². The number of nitrogens with one attached hydrogen (secondary N) is 2. The van der Waals surface area contributed by atoms with E-state index in [0.29, 0.717) is 13.0 Å².